The lowest BCUT2D eigenvalue weighted by atomic mass is 10.1. The van der Waals surface area contributed by atoms with Gasteiger partial charge in [-0.3, -0.25) is 9.20 Å². The summed E-state index contributed by atoms with van der Waals surface area (Å²) in [5, 5.41) is 14.3. The molecule has 2 aromatic carbocycles. The number of nitrogens with zero attached hydrogens (tertiary/aromatic N) is 3. The molecular formula is C21H14Cl2N4O3S. The number of pyridine rings is 1. The summed E-state index contributed by atoms with van der Waals surface area (Å²) in [5.74, 6) is 0.416. The molecule has 156 valence electrons. The molecule has 3 aromatic heterocycles. The number of carbonyl (C=O) groups excluding carboxylic acids is 1. The van der Waals surface area contributed by atoms with Crippen molar-refractivity contribution in [2.75, 3.05) is 18.2 Å². The van der Waals surface area contributed by atoms with Crippen LogP contribution in [0.4, 0.5) is 5.69 Å². The van der Waals surface area contributed by atoms with Crippen molar-refractivity contribution in [2.24, 2.45) is 0 Å². The number of nitrogens with one attached hydrogen (secondary N) is 1. The van der Waals surface area contributed by atoms with Crippen molar-refractivity contribution >= 4 is 74.1 Å². The second-order valence-corrected chi connectivity index (χ2v) is 8.45. The van der Waals surface area contributed by atoms with E-state index >= 15 is 0 Å². The van der Waals surface area contributed by atoms with Crippen LogP contribution < -0.4 is 10.1 Å². The van der Waals surface area contributed by atoms with Gasteiger partial charge in [-0.25, -0.2) is 0 Å². The normalized spacial score (nSPS) is 11.5. The van der Waals surface area contributed by atoms with E-state index in [2.05, 4.69) is 15.5 Å². The Morgan fingerprint density at radius 2 is 2.00 bits per heavy atom. The van der Waals surface area contributed by atoms with Crippen LogP contribution in [0.3, 0.4) is 0 Å². The van der Waals surface area contributed by atoms with Crippen molar-refractivity contribution in [3.63, 3.8) is 0 Å². The Morgan fingerprint density at radius 1 is 1.16 bits per heavy atom. The number of furan rings is 1. The standard InChI is InChI=1S/C21H14Cl2N4O3S/c1-29-18-7-13-12-4-2-3-5-16(12)30-17(13)8-15(18)24-19(28)10-31-21-26-25-20-14(23)6-11(22)9-27(20)21/h2-9H,10H2,1H3,(H,24,28). The third kappa shape index (κ3) is 3.67. The van der Waals surface area contributed by atoms with Crippen LogP contribution in [0, 0.1) is 0 Å². The number of rotatable bonds is 5. The Labute approximate surface area is 190 Å². The molecule has 0 saturated carbocycles. The van der Waals surface area contributed by atoms with Gasteiger partial charge in [0.05, 0.1) is 28.6 Å². The van der Waals surface area contributed by atoms with E-state index in [9.17, 15) is 4.79 Å². The fraction of sp³-hybridized carbons (Fsp3) is 0.0952. The van der Waals surface area contributed by atoms with Crippen molar-refractivity contribution in [3.05, 3.63) is 58.7 Å². The monoisotopic (exact) mass is 472 g/mol. The van der Waals surface area contributed by atoms with Crippen molar-refractivity contribution in [1.29, 1.82) is 0 Å². The smallest absolute Gasteiger partial charge is 0.234 e. The van der Waals surface area contributed by atoms with E-state index < -0.39 is 0 Å². The average Bonchev–Trinajstić information content (AvgIpc) is 3.32. The summed E-state index contributed by atoms with van der Waals surface area (Å²) in [4.78, 5) is 12.6. The highest BCUT2D eigenvalue weighted by Gasteiger charge is 2.16. The van der Waals surface area contributed by atoms with E-state index in [-0.39, 0.29) is 11.7 Å². The lowest BCUT2D eigenvalue weighted by Gasteiger charge is -2.10. The van der Waals surface area contributed by atoms with Gasteiger partial charge in [-0.1, -0.05) is 53.2 Å². The first-order valence-electron chi connectivity index (χ1n) is 9.15. The number of anilines is 1. The molecule has 0 aliphatic heterocycles. The minimum atomic E-state index is -0.233. The molecule has 0 atom stereocenters. The van der Waals surface area contributed by atoms with Gasteiger partial charge in [0.2, 0.25) is 5.91 Å². The van der Waals surface area contributed by atoms with Gasteiger partial charge in [-0.05, 0) is 18.2 Å². The summed E-state index contributed by atoms with van der Waals surface area (Å²) in [6, 6.07) is 13.0. The molecule has 0 unspecified atom stereocenters. The van der Waals surface area contributed by atoms with Gasteiger partial charge in [0.15, 0.2) is 10.8 Å². The van der Waals surface area contributed by atoms with Crippen molar-refractivity contribution < 1.29 is 13.9 Å². The topological polar surface area (TPSA) is 81.7 Å². The van der Waals surface area contributed by atoms with Crippen LogP contribution in [-0.4, -0.2) is 33.4 Å². The number of hydrogen-bond acceptors (Lipinski definition) is 6. The maximum Gasteiger partial charge on any atom is 0.234 e. The Kier molecular flexibility index (Phi) is 5.13. The first-order valence-corrected chi connectivity index (χ1v) is 10.9. The number of thioether (sulfide) groups is 1. The maximum atomic E-state index is 12.6. The van der Waals surface area contributed by atoms with Crippen molar-refractivity contribution in [1.82, 2.24) is 14.6 Å². The molecule has 1 N–H and O–H groups in total. The predicted octanol–water partition coefficient (Wildman–Crippen LogP) is 5.67. The summed E-state index contributed by atoms with van der Waals surface area (Å²) < 4.78 is 13.0. The molecule has 0 saturated heterocycles. The van der Waals surface area contributed by atoms with Crippen LogP contribution in [0.25, 0.3) is 27.6 Å². The molecule has 0 spiro atoms. The van der Waals surface area contributed by atoms with E-state index in [4.69, 9.17) is 32.4 Å². The van der Waals surface area contributed by atoms with Crippen LogP contribution in [-0.2, 0) is 4.79 Å². The van der Waals surface area contributed by atoms with Crippen LogP contribution in [0.2, 0.25) is 10.0 Å². The second-order valence-electron chi connectivity index (χ2n) is 6.67. The molecule has 0 bridgehead atoms. The molecule has 10 heteroatoms. The lowest BCUT2D eigenvalue weighted by Crippen LogP contribution is -2.15. The Bertz CT molecular complexity index is 1460. The molecule has 0 aliphatic rings. The highest BCUT2D eigenvalue weighted by atomic mass is 35.5. The van der Waals surface area contributed by atoms with Gasteiger partial charge in [0.1, 0.15) is 16.9 Å². The molecule has 5 rings (SSSR count). The highest BCUT2D eigenvalue weighted by Crippen LogP contribution is 2.36. The molecular weight excluding hydrogens is 459 g/mol. The molecule has 0 aliphatic carbocycles. The molecule has 5 aromatic rings. The van der Waals surface area contributed by atoms with E-state index in [0.29, 0.717) is 37.9 Å². The number of carbonyl (C=O) groups is 1. The van der Waals surface area contributed by atoms with Gasteiger partial charge in [0, 0.05) is 23.0 Å². The fourth-order valence-electron chi connectivity index (χ4n) is 3.34. The van der Waals surface area contributed by atoms with Crippen molar-refractivity contribution in [3.8, 4) is 5.75 Å². The van der Waals surface area contributed by atoms with E-state index in [1.807, 2.05) is 30.3 Å². The van der Waals surface area contributed by atoms with E-state index in [1.165, 1.54) is 11.8 Å². The number of ether oxygens (including phenoxy) is 1. The number of para-hydroxylation sites is 1. The minimum absolute atomic E-state index is 0.103. The highest BCUT2D eigenvalue weighted by molar-refractivity contribution is 7.99. The lowest BCUT2D eigenvalue weighted by molar-refractivity contribution is -0.113. The number of aromatic nitrogens is 3. The number of benzene rings is 2. The maximum absolute atomic E-state index is 12.6. The number of amides is 1. The molecule has 1 amide bonds. The molecule has 31 heavy (non-hydrogen) atoms. The van der Waals surface area contributed by atoms with Crippen LogP contribution in [0.15, 0.2) is 58.2 Å². The second kappa shape index (κ2) is 7.96. The minimum Gasteiger partial charge on any atom is -0.495 e. The largest absolute Gasteiger partial charge is 0.495 e. The molecule has 0 fully saturated rings. The Balaban J connectivity index is 1.38. The number of fused-ring (bicyclic) bond motifs is 4. The number of halogens is 2. The van der Waals surface area contributed by atoms with Gasteiger partial charge in [-0.2, -0.15) is 0 Å². The SMILES string of the molecule is COc1cc2c(cc1NC(=O)CSc1nnc3c(Cl)cc(Cl)cn13)oc1ccccc12. The summed E-state index contributed by atoms with van der Waals surface area (Å²) in [5.41, 5.74) is 2.44. The molecule has 0 radical (unpaired) electrons. The fourth-order valence-corrected chi connectivity index (χ4v) is 4.55. The zero-order chi connectivity index (χ0) is 21.5. The van der Waals surface area contributed by atoms with Gasteiger partial charge in [0.25, 0.3) is 0 Å². The molecule has 3 heterocycles. The number of methoxy groups -OCH3 is 1. The van der Waals surface area contributed by atoms with Crippen molar-refractivity contribution in [2.45, 2.75) is 5.16 Å². The predicted molar refractivity (Wildman–Crippen MR) is 123 cm³/mol. The first-order chi connectivity index (χ1) is 15.0. The summed E-state index contributed by atoms with van der Waals surface area (Å²) in [7, 11) is 1.56. The zero-order valence-electron chi connectivity index (χ0n) is 16.1. The van der Waals surface area contributed by atoms with Crippen LogP contribution in [0.1, 0.15) is 0 Å². The van der Waals surface area contributed by atoms with E-state index in [0.717, 1.165) is 16.4 Å². The summed E-state index contributed by atoms with van der Waals surface area (Å²) in [6.45, 7) is 0. The molecule has 7 nitrogen and oxygen atoms in total. The average molecular weight is 473 g/mol. The van der Waals surface area contributed by atoms with E-state index in [1.54, 1.807) is 29.8 Å². The van der Waals surface area contributed by atoms with Gasteiger partial charge in [-0.15, -0.1) is 10.2 Å². The van der Waals surface area contributed by atoms with Crippen LogP contribution >= 0.6 is 35.0 Å². The summed E-state index contributed by atoms with van der Waals surface area (Å²) in [6.07, 6.45) is 1.65. The van der Waals surface area contributed by atoms with Gasteiger partial charge >= 0.3 is 0 Å². The third-order valence-corrected chi connectivity index (χ3v) is 6.13. The zero-order valence-corrected chi connectivity index (χ0v) is 18.4. The quantitative estimate of drug-likeness (QED) is 0.331. The van der Waals surface area contributed by atoms with Gasteiger partial charge < -0.3 is 14.5 Å². The number of hydrogen-bond donors (Lipinski definition) is 1. The Morgan fingerprint density at radius 3 is 2.84 bits per heavy atom. The first kappa shape index (κ1) is 20.0. The Hall–Kier alpha value is -2.94. The summed E-state index contributed by atoms with van der Waals surface area (Å²) >= 11 is 13.4. The van der Waals surface area contributed by atoms with Crippen LogP contribution in [0.5, 0.6) is 5.75 Å². The third-order valence-electron chi connectivity index (χ3n) is 4.70.